The summed E-state index contributed by atoms with van der Waals surface area (Å²) in [6.45, 7) is 7.86. The Labute approximate surface area is 178 Å². The van der Waals surface area contributed by atoms with Gasteiger partial charge in [0.15, 0.2) is 0 Å². The average molecular weight is 431 g/mol. The summed E-state index contributed by atoms with van der Waals surface area (Å²) in [6.07, 6.45) is 6.23. The molecule has 2 aromatic rings. The van der Waals surface area contributed by atoms with Crippen molar-refractivity contribution in [3.05, 3.63) is 34.4 Å². The second-order valence-electron chi connectivity index (χ2n) is 8.92. The molecule has 2 N–H and O–H groups in total. The number of urea groups is 1. The van der Waals surface area contributed by atoms with Crippen LogP contribution < -0.4 is 5.32 Å². The number of aliphatic hydroxyl groups excluding tert-OH is 1. The molecule has 162 valence electrons. The summed E-state index contributed by atoms with van der Waals surface area (Å²) in [5.41, 5.74) is 5.34. The van der Waals surface area contributed by atoms with Gasteiger partial charge in [0, 0.05) is 23.3 Å². The van der Waals surface area contributed by atoms with Crippen LogP contribution in [0.1, 0.15) is 74.8 Å². The van der Waals surface area contributed by atoms with E-state index in [1.54, 1.807) is 10.9 Å². The van der Waals surface area contributed by atoms with Crippen LogP contribution in [0.15, 0.2) is 15.5 Å². The third-order valence-corrected chi connectivity index (χ3v) is 7.05. The number of anilines is 1. The Morgan fingerprint density at radius 1 is 1.33 bits per heavy atom. The molecular weight excluding hydrogens is 402 g/mol. The lowest BCUT2D eigenvalue weighted by Gasteiger charge is -2.20. The van der Waals surface area contributed by atoms with E-state index in [0.29, 0.717) is 0 Å². The van der Waals surface area contributed by atoms with Crippen LogP contribution >= 0.6 is 0 Å². The number of hydrogen-bond donors (Lipinski definition) is 2. The van der Waals surface area contributed by atoms with Crippen molar-refractivity contribution in [3.63, 3.8) is 0 Å². The Morgan fingerprint density at radius 3 is 2.80 bits per heavy atom. The van der Waals surface area contributed by atoms with Crippen molar-refractivity contribution in [1.82, 2.24) is 14.8 Å². The van der Waals surface area contributed by atoms with Gasteiger partial charge in [-0.2, -0.15) is 5.10 Å². The molecule has 2 aliphatic rings. The van der Waals surface area contributed by atoms with Crippen molar-refractivity contribution in [3.8, 4) is 0 Å². The van der Waals surface area contributed by atoms with Gasteiger partial charge < -0.3 is 19.0 Å². The van der Waals surface area contributed by atoms with Crippen molar-refractivity contribution < 1.29 is 14.1 Å². The molecule has 8 nitrogen and oxygen atoms in total. The highest BCUT2D eigenvalue weighted by molar-refractivity contribution is 7.75. The van der Waals surface area contributed by atoms with Gasteiger partial charge >= 0.3 is 6.03 Å². The predicted octanol–water partition coefficient (Wildman–Crippen LogP) is 3.80. The largest absolute Gasteiger partial charge is 0.439 e. The highest BCUT2D eigenvalue weighted by Crippen LogP contribution is 2.44. The van der Waals surface area contributed by atoms with Crippen LogP contribution in [-0.4, -0.2) is 25.9 Å². The minimum absolute atomic E-state index is 0.0200. The number of aliphatic hydroxyl groups is 1. The molecule has 0 fully saturated rings. The zero-order valence-corrected chi connectivity index (χ0v) is 18.7. The van der Waals surface area contributed by atoms with Crippen molar-refractivity contribution in [1.29, 1.82) is 0 Å². The first kappa shape index (κ1) is 21.0. The molecule has 0 radical (unpaired) electrons. The SMILES string of the molecule is CC(C)n1cc([S-](=O)=NC(=O)Nc2c3c(nc4c2CCC4(C)C)CCC3)c(CO)n1. The van der Waals surface area contributed by atoms with E-state index >= 15 is 0 Å². The van der Waals surface area contributed by atoms with Gasteiger partial charge in [0.1, 0.15) is 0 Å². The first-order chi connectivity index (χ1) is 14.2. The molecule has 0 aliphatic heterocycles. The lowest BCUT2D eigenvalue weighted by molar-refractivity contribution is 0.260. The van der Waals surface area contributed by atoms with Crippen LogP contribution in [0.25, 0.3) is 0 Å². The molecular formula is C21H28N5O3S-. The molecule has 0 atom stereocenters. The summed E-state index contributed by atoms with van der Waals surface area (Å²) in [7, 11) is -1.95. The number of fused-ring (bicyclic) bond motifs is 2. The van der Waals surface area contributed by atoms with Crippen molar-refractivity contribution in [2.45, 2.75) is 82.8 Å². The lowest BCUT2D eigenvalue weighted by Crippen LogP contribution is -2.17. The highest BCUT2D eigenvalue weighted by atomic mass is 32.2. The van der Waals surface area contributed by atoms with Gasteiger partial charge in [0.25, 0.3) is 0 Å². The monoisotopic (exact) mass is 430 g/mol. The maximum absolute atomic E-state index is 12.7. The number of aryl methyl sites for hydroxylation is 1. The zero-order chi connectivity index (χ0) is 21.6. The fraction of sp³-hybridized carbons (Fsp3) is 0.571. The highest BCUT2D eigenvalue weighted by Gasteiger charge is 2.36. The van der Waals surface area contributed by atoms with Crippen LogP contribution in [0.3, 0.4) is 0 Å². The molecule has 0 aromatic carbocycles. The number of amides is 2. The number of nitrogens with one attached hydrogen (secondary N) is 1. The van der Waals surface area contributed by atoms with Crippen molar-refractivity contribution >= 4 is 22.3 Å². The van der Waals surface area contributed by atoms with E-state index in [1.165, 1.54) is 0 Å². The Hall–Kier alpha value is -2.26. The van der Waals surface area contributed by atoms with Crippen LogP contribution in [0.2, 0.25) is 0 Å². The molecule has 0 spiro atoms. The molecule has 2 aliphatic carbocycles. The number of rotatable bonds is 4. The standard InChI is InChI=1S/C21H28N5O3S/c1-12(2)26-10-17(16(11-27)24-26)30(29)25-20(28)23-18-13-6-5-7-15(13)22-19-14(18)8-9-21(19,3)4/h10,12,27H,5-9,11H2,1-4H3,(H,22,23,28)/q-1. The van der Waals surface area contributed by atoms with Gasteiger partial charge in [-0.05, 0) is 57.1 Å². The molecule has 4 rings (SSSR count). The summed E-state index contributed by atoms with van der Waals surface area (Å²) in [5, 5.41) is 16.7. The maximum Gasteiger partial charge on any atom is 0.322 e. The van der Waals surface area contributed by atoms with E-state index in [-0.39, 0.29) is 28.7 Å². The number of carbonyl (C=O) groups excluding carboxylic acids is 1. The minimum atomic E-state index is -1.95. The number of nitrogens with zero attached hydrogens (tertiary/aromatic N) is 4. The second-order valence-corrected chi connectivity index (χ2v) is 10.0. The Kier molecular flexibility index (Phi) is 5.44. The summed E-state index contributed by atoms with van der Waals surface area (Å²) >= 11 is 0. The third kappa shape index (κ3) is 3.65. The summed E-state index contributed by atoms with van der Waals surface area (Å²) in [6, 6.07) is -0.609. The van der Waals surface area contributed by atoms with E-state index in [1.807, 2.05) is 13.8 Å². The molecule has 30 heavy (non-hydrogen) atoms. The van der Waals surface area contributed by atoms with E-state index in [2.05, 4.69) is 28.6 Å². The van der Waals surface area contributed by atoms with Crippen molar-refractivity contribution in [2.24, 2.45) is 4.36 Å². The molecule has 0 bridgehead atoms. The molecule has 0 saturated carbocycles. The smallest absolute Gasteiger partial charge is 0.322 e. The number of pyridine rings is 1. The molecule has 2 heterocycles. The van der Waals surface area contributed by atoms with Gasteiger partial charge in [0.05, 0.1) is 23.7 Å². The van der Waals surface area contributed by atoms with Crippen LogP contribution in [0, 0.1) is 0 Å². The Morgan fingerprint density at radius 2 is 2.10 bits per heavy atom. The fourth-order valence-electron chi connectivity index (χ4n) is 4.32. The maximum atomic E-state index is 12.7. The van der Waals surface area contributed by atoms with Crippen LogP contribution in [0.4, 0.5) is 10.5 Å². The molecule has 2 amide bonds. The third-order valence-electron chi connectivity index (χ3n) is 6.00. The van der Waals surface area contributed by atoms with E-state index in [4.69, 9.17) is 4.98 Å². The van der Waals surface area contributed by atoms with E-state index < -0.39 is 16.6 Å². The Balaban J connectivity index is 1.67. The number of carbonyl (C=O) groups is 1. The van der Waals surface area contributed by atoms with Gasteiger partial charge in [-0.1, -0.05) is 18.7 Å². The van der Waals surface area contributed by atoms with E-state index in [9.17, 15) is 14.1 Å². The number of hydrogen-bond acceptors (Lipinski definition) is 6. The molecule has 9 heteroatoms. The summed E-state index contributed by atoms with van der Waals surface area (Å²) < 4.78 is 18.2. The topological polar surface area (TPSA) is 109 Å². The molecule has 0 unspecified atom stereocenters. The Bertz CT molecular complexity index is 1100. The van der Waals surface area contributed by atoms with Gasteiger partial charge in [-0.15, -0.1) is 10.6 Å². The number of aromatic nitrogens is 3. The molecule has 2 aromatic heterocycles. The first-order valence-electron chi connectivity index (χ1n) is 10.4. The van der Waals surface area contributed by atoms with Gasteiger partial charge in [-0.25, -0.2) is 4.79 Å². The van der Waals surface area contributed by atoms with Crippen molar-refractivity contribution in [2.75, 3.05) is 5.32 Å². The first-order valence-corrected chi connectivity index (χ1v) is 11.5. The molecule has 0 saturated heterocycles. The minimum Gasteiger partial charge on any atom is -0.439 e. The normalized spacial score (nSPS) is 17.9. The van der Waals surface area contributed by atoms with E-state index in [0.717, 1.165) is 60.3 Å². The van der Waals surface area contributed by atoms with Crippen LogP contribution in [0.5, 0.6) is 0 Å². The fourth-order valence-corrected chi connectivity index (χ4v) is 5.12. The summed E-state index contributed by atoms with van der Waals surface area (Å²) in [5.74, 6) is 0. The predicted molar refractivity (Wildman–Crippen MR) is 114 cm³/mol. The van der Waals surface area contributed by atoms with Gasteiger partial charge in [-0.3, -0.25) is 9.67 Å². The zero-order valence-electron chi connectivity index (χ0n) is 17.9. The average Bonchev–Trinajstić information content (AvgIpc) is 3.39. The lowest BCUT2D eigenvalue weighted by atomic mass is 9.90. The quantitative estimate of drug-likeness (QED) is 0.717. The summed E-state index contributed by atoms with van der Waals surface area (Å²) in [4.78, 5) is 17.9. The van der Waals surface area contributed by atoms with Gasteiger partial charge in [0.2, 0.25) is 0 Å². The van der Waals surface area contributed by atoms with Crippen LogP contribution in [-0.2, 0) is 46.1 Å². The second kappa shape index (κ2) is 7.77.